The summed E-state index contributed by atoms with van der Waals surface area (Å²) in [6, 6.07) is 8.51. The van der Waals surface area contributed by atoms with Gasteiger partial charge in [0.1, 0.15) is 5.69 Å². The van der Waals surface area contributed by atoms with Crippen LogP contribution in [0.15, 0.2) is 24.3 Å². The van der Waals surface area contributed by atoms with Crippen molar-refractivity contribution in [2.45, 2.75) is 57.5 Å². The Kier molecular flexibility index (Phi) is 3.87. The lowest BCUT2D eigenvalue weighted by Crippen LogP contribution is -2.62. The second kappa shape index (κ2) is 5.92. The van der Waals surface area contributed by atoms with Gasteiger partial charge in [-0.2, -0.15) is 0 Å². The minimum Gasteiger partial charge on any atom is -0.351 e. The number of carbonyl (C=O) groups is 1. The lowest BCUT2D eigenvalue weighted by molar-refractivity contribution is 0.0375. The lowest BCUT2D eigenvalue weighted by Gasteiger charge is -2.48. The summed E-state index contributed by atoms with van der Waals surface area (Å²) in [6.07, 6.45) is 5.75. The highest BCUT2D eigenvalue weighted by Gasteiger charge is 2.43. The molecule has 0 radical (unpaired) electrons. The average molecular weight is 325 g/mol. The summed E-state index contributed by atoms with van der Waals surface area (Å²) in [4.78, 5) is 18.7. The Morgan fingerprint density at radius 1 is 1.29 bits per heavy atom. The average Bonchev–Trinajstić information content (AvgIpc) is 2.91. The largest absolute Gasteiger partial charge is 0.351 e. The summed E-state index contributed by atoms with van der Waals surface area (Å²) in [5.41, 5.74) is 3.05. The lowest BCUT2D eigenvalue weighted by atomic mass is 9.81. The molecule has 2 fully saturated rings. The molecule has 128 valence electrons. The van der Waals surface area contributed by atoms with Crippen molar-refractivity contribution in [2.24, 2.45) is 0 Å². The SMILES string of the molecule is Cc1cccc2[nH]c(C(=O)N3CCC[C@]4(C)NCCCC[C@H]34)cc12. The molecule has 1 amide bonds. The molecular formula is C20H27N3O. The monoisotopic (exact) mass is 325 g/mol. The number of aryl methyl sites for hydroxylation is 1. The third kappa shape index (κ3) is 2.53. The van der Waals surface area contributed by atoms with Crippen molar-refractivity contribution in [1.82, 2.24) is 15.2 Å². The molecule has 2 N–H and O–H groups in total. The second-order valence-corrected chi connectivity index (χ2v) is 7.68. The van der Waals surface area contributed by atoms with Gasteiger partial charge in [0.15, 0.2) is 0 Å². The number of fused-ring (bicyclic) bond motifs is 2. The Balaban J connectivity index is 1.68. The molecule has 2 aromatic rings. The van der Waals surface area contributed by atoms with E-state index in [1.807, 2.05) is 18.2 Å². The summed E-state index contributed by atoms with van der Waals surface area (Å²) < 4.78 is 0. The van der Waals surface area contributed by atoms with Crippen LogP contribution in [0.5, 0.6) is 0 Å². The van der Waals surface area contributed by atoms with Gasteiger partial charge in [-0.05, 0) is 63.8 Å². The van der Waals surface area contributed by atoms with Crippen LogP contribution < -0.4 is 5.32 Å². The van der Waals surface area contributed by atoms with E-state index in [0.717, 1.165) is 48.9 Å². The summed E-state index contributed by atoms with van der Waals surface area (Å²) >= 11 is 0. The van der Waals surface area contributed by atoms with Crippen molar-refractivity contribution in [1.29, 1.82) is 0 Å². The second-order valence-electron chi connectivity index (χ2n) is 7.68. The van der Waals surface area contributed by atoms with E-state index in [-0.39, 0.29) is 11.4 Å². The molecule has 1 aromatic carbocycles. The Bertz CT molecular complexity index is 765. The molecule has 4 heteroatoms. The number of H-pyrrole nitrogens is 1. The molecular weight excluding hydrogens is 298 g/mol. The third-order valence-corrected chi connectivity index (χ3v) is 6.01. The first-order valence-electron chi connectivity index (χ1n) is 9.23. The summed E-state index contributed by atoms with van der Waals surface area (Å²) in [7, 11) is 0. The molecule has 3 heterocycles. The van der Waals surface area contributed by atoms with Gasteiger partial charge in [0.25, 0.3) is 5.91 Å². The van der Waals surface area contributed by atoms with Gasteiger partial charge in [0.05, 0.1) is 0 Å². The molecule has 0 spiro atoms. The van der Waals surface area contributed by atoms with Crippen LogP contribution in [0.3, 0.4) is 0 Å². The van der Waals surface area contributed by atoms with E-state index >= 15 is 0 Å². The summed E-state index contributed by atoms with van der Waals surface area (Å²) in [5, 5.41) is 4.88. The van der Waals surface area contributed by atoms with Crippen LogP contribution in [0.2, 0.25) is 0 Å². The topological polar surface area (TPSA) is 48.1 Å². The number of amides is 1. The highest BCUT2D eigenvalue weighted by Crippen LogP contribution is 2.34. The van der Waals surface area contributed by atoms with Gasteiger partial charge in [0, 0.05) is 29.0 Å². The maximum atomic E-state index is 13.3. The highest BCUT2D eigenvalue weighted by atomic mass is 16.2. The van der Waals surface area contributed by atoms with Crippen LogP contribution >= 0.6 is 0 Å². The maximum Gasteiger partial charge on any atom is 0.270 e. The molecule has 0 saturated carbocycles. The van der Waals surface area contributed by atoms with Gasteiger partial charge in [-0.25, -0.2) is 0 Å². The molecule has 24 heavy (non-hydrogen) atoms. The first-order valence-corrected chi connectivity index (χ1v) is 9.23. The third-order valence-electron chi connectivity index (χ3n) is 6.01. The van der Waals surface area contributed by atoms with Gasteiger partial charge in [0.2, 0.25) is 0 Å². The van der Waals surface area contributed by atoms with E-state index in [4.69, 9.17) is 0 Å². The smallest absolute Gasteiger partial charge is 0.270 e. The van der Waals surface area contributed by atoms with Crippen LogP contribution in [0, 0.1) is 6.92 Å². The van der Waals surface area contributed by atoms with Gasteiger partial charge < -0.3 is 15.2 Å². The number of nitrogens with zero attached hydrogens (tertiary/aromatic N) is 1. The van der Waals surface area contributed by atoms with Crippen molar-refractivity contribution in [3.63, 3.8) is 0 Å². The number of benzene rings is 1. The van der Waals surface area contributed by atoms with Gasteiger partial charge in [-0.3, -0.25) is 4.79 Å². The van der Waals surface area contributed by atoms with E-state index in [1.165, 1.54) is 18.4 Å². The Morgan fingerprint density at radius 2 is 2.17 bits per heavy atom. The van der Waals surface area contributed by atoms with E-state index in [2.05, 4.69) is 35.1 Å². The molecule has 0 aliphatic carbocycles. The number of piperidine rings is 1. The number of rotatable bonds is 1. The van der Waals surface area contributed by atoms with Crippen LogP contribution in [0.25, 0.3) is 10.9 Å². The predicted molar refractivity (Wildman–Crippen MR) is 97.4 cm³/mol. The number of hydrogen-bond donors (Lipinski definition) is 2. The van der Waals surface area contributed by atoms with Crippen molar-refractivity contribution < 1.29 is 4.79 Å². The number of aromatic amines is 1. The van der Waals surface area contributed by atoms with Crippen molar-refractivity contribution in [3.05, 3.63) is 35.5 Å². The number of aromatic nitrogens is 1. The van der Waals surface area contributed by atoms with Gasteiger partial charge >= 0.3 is 0 Å². The molecule has 2 aliphatic heterocycles. The van der Waals surface area contributed by atoms with Crippen molar-refractivity contribution >= 4 is 16.8 Å². The summed E-state index contributed by atoms with van der Waals surface area (Å²) in [5.74, 6) is 0.158. The molecule has 1 aromatic heterocycles. The zero-order valence-corrected chi connectivity index (χ0v) is 14.7. The normalized spacial score (nSPS) is 27.8. The van der Waals surface area contributed by atoms with E-state index < -0.39 is 0 Å². The number of hydrogen-bond acceptors (Lipinski definition) is 2. The Hall–Kier alpha value is -1.81. The molecule has 4 rings (SSSR count). The van der Waals surface area contributed by atoms with E-state index in [9.17, 15) is 4.79 Å². The van der Waals surface area contributed by atoms with Crippen LogP contribution in [-0.4, -0.2) is 40.5 Å². The van der Waals surface area contributed by atoms with Crippen LogP contribution in [0.1, 0.15) is 55.1 Å². The van der Waals surface area contributed by atoms with Gasteiger partial charge in [-0.1, -0.05) is 18.6 Å². The first kappa shape index (κ1) is 15.7. The van der Waals surface area contributed by atoms with Crippen LogP contribution in [0.4, 0.5) is 0 Å². The minimum atomic E-state index is 0.0618. The molecule has 0 unspecified atom stereocenters. The van der Waals surface area contributed by atoms with E-state index in [1.54, 1.807) is 0 Å². The fraction of sp³-hybridized carbons (Fsp3) is 0.550. The highest BCUT2D eigenvalue weighted by molar-refractivity contribution is 5.99. The number of likely N-dealkylation sites (tertiary alicyclic amines) is 1. The molecule has 2 atom stereocenters. The van der Waals surface area contributed by atoms with Crippen molar-refractivity contribution in [2.75, 3.05) is 13.1 Å². The zero-order chi connectivity index (χ0) is 16.7. The first-order chi connectivity index (χ1) is 11.6. The Labute approximate surface area is 143 Å². The molecule has 0 bridgehead atoms. The Morgan fingerprint density at radius 3 is 3.00 bits per heavy atom. The predicted octanol–water partition coefficient (Wildman–Crippen LogP) is 3.61. The minimum absolute atomic E-state index is 0.0618. The van der Waals surface area contributed by atoms with Gasteiger partial charge in [-0.15, -0.1) is 0 Å². The number of nitrogens with one attached hydrogen (secondary N) is 2. The van der Waals surface area contributed by atoms with Crippen molar-refractivity contribution in [3.8, 4) is 0 Å². The quantitative estimate of drug-likeness (QED) is 0.841. The fourth-order valence-corrected chi connectivity index (χ4v) is 4.62. The number of carbonyl (C=O) groups excluding carboxylic acids is 1. The zero-order valence-electron chi connectivity index (χ0n) is 14.7. The molecule has 2 aliphatic rings. The molecule has 2 saturated heterocycles. The maximum absolute atomic E-state index is 13.3. The standard InChI is InChI=1S/C20H27N3O/c1-14-7-5-8-16-15(14)13-17(22-16)19(24)23-12-6-10-20(2)18(23)9-3-4-11-21-20/h5,7-8,13,18,21-22H,3-4,6,9-12H2,1-2H3/t18-,20-/m0/s1. The van der Waals surface area contributed by atoms with Crippen LogP contribution in [-0.2, 0) is 0 Å². The molecule has 4 nitrogen and oxygen atoms in total. The fourth-order valence-electron chi connectivity index (χ4n) is 4.62. The summed E-state index contributed by atoms with van der Waals surface area (Å²) in [6.45, 7) is 6.34. The van der Waals surface area contributed by atoms with E-state index in [0.29, 0.717) is 6.04 Å².